The average Bonchev–Trinajstić information content (AvgIpc) is 3.54. The number of esters is 1. The predicted octanol–water partition coefficient (Wildman–Crippen LogP) is 2.97. The second kappa shape index (κ2) is 10.4. The number of nitrogens with one attached hydrogen (secondary N) is 1. The molecule has 2 aromatic heterocycles. The maximum atomic E-state index is 12.8. The zero-order valence-corrected chi connectivity index (χ0v) is 20.4. The smallest absolute Gasteiger partial charge is 0.342 e. The molecular formula is C24H27N5O5S. The van der Waals surface area contributed by atoms with Crippen molar-refractivity contribution in [3.05, 3.63) is 66.1 Å². The molecule has 1 aliphatic rings. The summed E-state index contributed by atoms with van der Waals surface area (Å²) in [6.45, 7) is 4.29. The third-order valence-corrected chi connectivity index (χ3v) is 7.49. The first-order chi connectivity index (χ1) is 16.8. The number of aromatic nitrogens is 3. The van der Waals surface area contributed by atoms with Crippen LogP contribution in [0.3, 0.4) is 0 Å². The van der Waals surface area contributed by atoms with Crippen molar-refractivity contribution in [3.63, 3.8) is 0 Å². The standard InChI is InChI=1S/C24H27N5O5S/c1-17(2)23-20(15-26-29(23)21-10-3-4-11-25-21)24(31)34-16-22(30)27-18-8-7-9-19(14-18)35(32,33)28-12-5-6-13-28/h3-4,7-11,14-15,17H,5-6,12-13,16H2,1-2H3,(H,27,30). The molecule has 35 heavy (non-hydrogen) atoms. The molecule has 1 aliphatic heterocycles. The zero-order chi connectivity index (χ0) is 25.0. The van der Waals surface area contributed by atoms with Crippen molar-refractivity contribution in [3.8, 4) is 5.82 Å². The van der Waals surface area contributed by atoms with Crippen molar-refractivity contribution < 1.29 is 22.7 Å². The van der Waals surface area contributed by atoms with Crippen molar-refractivity contribution in [1.82, 2.24) is 19.1 Å². The minimum absolute atomic E-state index is 0.0591. The van der Waals surface area contributed by atoms with Crippen LogP contribution in [0.5, 0.6) is 0 Å². The fraction of sp³-hybridized carbons (Fsp3) is 0.333. The first-order valence-corrected chi connectivity index (χ1v) is 12.8. The normalized spacial score (nSPS) is 14.3. The summed E-state index contributed by atoms with van der Waals surface area (Å²) in [5.74, 6) is -0.762. The molecule has 184 valence electrons. The quantitative estimate of drug-likeness (QED) is 0.475. The molecule has 1 aromatic carbocycles. The van der Waals surface area contributed by atoms with Gasteiger partial charge in [0.1, 0.15) is 5.56 Å². The van der Waals surface area contributed by atoms with Crippen LogP contribution in [0.4, 0.5) is 5.69 Å². The summed E-state index contributed by atoms with van der Waals surface area (Å²) in [4.78, 5) is 29.6. The number of carbonyl (C=O) groups is 2. The molecule has 0 saturated carbocycles. The van der Waals surface area contributed by atoms with Gasteiger partial charge in [-0.2, -0.15) is 9.40 Å². The number of rotatable bonds is 8. The number of carbonyl (C=O) groups excluding carboxylic acids is 2. The van der Waals surface area contributed by atoms with Gasteiger partial charge in [-0.1, -0.05) is 26.0 Å². The van der Waals surface area contributed by atoms with Crippen molar-refractivity contribution in [1.29, 1.82) is 0 Å². The molecule has 4 rings (SSSR count). The van der Waals surface area contributed by atoms with E-state index in [0.29, 0.717) is 30.3 Å². The molecule has 3 heterocycles. The Kier molecular flexibility index (Phi) is 7.27. The van der Waals surface area contributed by atoms with Crippen LogP contribution in [0.15, 0.2) is 59.8 Å². The van der Waals surface area contributed by atoms with Gasteiger partial charge in [0, 0.05) is 25.0 Å². The van der Waals surface area contributed by atoms with E-state index in [-0.39, 0.29) is 16.4 Å². The molecule has 0 aliphatic carbocycles. The summed E-state index contributed by atoms with van der Waals surface area (Å²) in [5.41, 5.74) is 1.17. The summed E-state index contributed by atoms with van der Waals surface area (Å²) >= 11 is 0. The molecule has 0 atom stereocenters. The van der Waals surface area contributed by atoms with E-state index >= 15 is 0 Å². The molecular weight excluding hydrogens is 470 g/mol. The monoisotopic (exact) mass is 497 g/mol. The molecule has 0 bridgehead atoms. The van der Waals surface area contributed by atoms with Gasteiger partial charge in [-0.25, -0.2) is 22.9 Å². The molecule has 11 heteroatoms. The topological polar surface area (TPSA) is 123 Å². The summed E-state index contributed by atoms with van der Waals surface area (Å²) in [7, 11) is -3.61. The Bertz CT molecular complexity index is 1320. The van der Waals surface area contributed by atoms with Gasteiger partial charge in [0.2, 0.25) is 10.0 Å². The predicted molar refractivity (Wildman–Crippen MR) is 129 cm³/mol. The highest BCUT2D eigenvalue weighted by Crippen LogP contribution is 2.24. The van der Waals surface area contributed by atoms with Crippen molar-refractivity contribution in [2.75, 3.05) is 25.0 Å². The fourth-order valence-corrected chi connectivity index (χ4v) is 5.51. The van der Waals surface area contributed by atoms with Gasteiger partial charge in [-0.05, 0) is 49.1 Å². The van der Waals surface area contributed by atoms with Crippen LogP contribution in [0, 0.1) is 0 Å². The Morgan fingerprint density at radius 2 is 1.89 bits per heavy atom. The highest BCUT2D eigenvalue weighted by molar-refractivity contribution is 7.89. The van der Waals surface area contributed by atoms with Crippen LogP contribution in [0.2, 0.25) is 0 Å². The van der Waals surface area contributed by atoms with Gasteiger partial charge in [-0.3, -0.25) is 4.79 Å². The second-order valence-corrected chi connectivity index (χ2v) is 10.4. The molecule has 1 N–H and O–H groups in total. The first-order valence-electron chi connectivity index (χ1n) is 11.3. The van der Waals surface area contributed by atoms with Crippen LogP contribution in [0.1, 0.15) is 48.7 Å². The van der Waals surface area contributed by atoms with E-state index in [1.54, 1.807) is 35.1 Å². The van der Waals surface area contributed by atoms with Crippen LogP contribution in [0.25, 0.3) is 5.82 Å². The highest BCUT2D eigenvalue weighted by atomic mass is 32.2. The third-order valence-electron chi connectivity index (χ3n) is 5.59. The third kappa shape index (κ3) is 5.41. The van der Waals surface area contributed by atoms with Crippen LogP contribution in [-0.4, -0.2) is 59.1 Å². The van der Waals surface area contributed by atoms with E-state index in [1.807, 2.05) is 19.9 Å². The Labute approximate surface area is 204 Å². The minimum atomic E-state index is -3.61. The van der Waals surface area contributed by atoms with E-state index < -0.39 is 28.5 Å². The molecule has 0 spiro atoms. The molecule has 1 saturated heterocycles. The Hall–Kier alpha value is -3.57. The molecule has 3 aromatic rings. The lowest BCUT2D eigenvalue weighted by atomic mass is 10.1. The molecule has 0 radical (unpaired) electrons. The van der Waals surface area contributed by atoms with E-state index in [1.165, 1.54) is 22.6 Å². The summed E-state index contributed by atoms with van der Waals surface area (Å²) in [6.07, 6.45) is 4.70. The van der Waals surface area contributed by atoms with Gasteiger partial charge >= 0.3 is 5.97 Å². The molecule has 1 amide bonds. The van der Waals surface area contributed by atoms with Gasteiger partial charge in [0.15, 0.2) is 12.4 Å². The largest absolute Gasteiger partial charge is 0.452 e. The van der Waals surface area contributed by atoms with Crippen LogP contribution in [-0.2, 0) is 19.6 Å². The lowest BCUT2D eigenvalue weighted by Crippen LogP contribution is -2.28. The van der Waals surface area contributed by atoms with E-state index in [9.17, 15) is 18.0 Å². The van der Waals surface area contributed by atoms with Crippen molar-refractivity contribution in [2.45, 2.75) is 37.5 Å². The molecule has 10 nitrogen and oxygen atoms in total. The molecule has 1 fully saturated rings. The zero-order valence-electron chi connectivity index (χ0n) is 19.5. The maximum Gasteiger partial charge on any atom is 0.342 e. The van der Waals surface area contributed by atoms with Gasteiger partial charge < -0.3 is 10.1 Å². The summed E-state index contributed by atoms with van der Waals surface area (Å²) in [6, 6.07) is 11.4. The summed E-state index contributed by atoms with van der Waals surface area (Å²) < 4.78 is 33.8. The number of benzene rings is 1. The average molecular weight is 498 g/mol. The highest BCUT2D eigenvalue weighted by Gasteiger charge is 2.27. The number of sulfonamides is 1. The second-order valence-electron chi connectivity index (χ2n) is 8.46. The molecule has 0 unspecified atom stereocenters. The number of hydrogen-bond acceptors (Lipinski definition) is 7. The Morgan fingerprint density at radius 1 is 1.11 bits per heavy atom. The SMILES string of the molecule is CC(C)c1c(C(=O)OCC(=O)Nc2cccc(S(=O)(=O)N3CCCC3)c2)cnn1-c1ccccn1. The van der Waals surface area contributed by atoms with E-state index in [0.717, 1.165) is 12.8 Å². The van der Waals surface area contributed by atoms with E-state index in [4.69, 9.17) is 4.74 Å². The van der Waals surface area contributed by atoms with Gasteiger partial charge in [0.05, 0.1) is 16.8 Å². The Balaban J connectivity index is 1.42. The lowest BCUT2D eigenvalue weighted by molar-refractivity contribution is -0.119. The minimum Gasteiger partial charge on any atom is -0.452 e. The number of anilines is 1. The Morgan fingerprint density at radius 3 is 2.57 bits per heavy atom. The summed E-state index contributed by atoms with van der Waals surface area (Å²) in [5, 5.41) is 6.87. The number of hydrogen-bond donors (Lipinski definition) is 1. The number of pyridine rings is 1. The maximum absolute atomic E-state index is 12.8. The lowest BCUT2D eigenvalue weighted by Gasteiger charge is -2.16. The first kappa shape index (κ1) is 24.6. The number of amides is 1. The van der Waals surface area contributed by atoms with Gasteiger partial charge in [-0.15, -0.1) is 0 Å². The fourth-order valence-electron chi connectivity index (χ4n) is 3.95. The van der Waals surface area contributed by atoms with Gasteiger partial charge in [0.25, 0.3) is 5.91 Å². The number of ether oxygens (including phenoxy) is 1. The van der Waals surface area contributed by atoms with E-state index in [2.05, 4.69) is 15.4 Å². The van der Waals surface area contributed by atoms with Crippen LogP contribution < -0.4 is 5.32 Å². The van der Waals surface area contributed by atoms with Crippen LogP contribution >= 0.6 is 0 Å². The number of nitrogens with zero attached hydrogens (tertiary/aromatic N) is 4. The van der Waals surface area contributed by atoms with Crippen molar-refractivity contribution in [2.24, 2.45) is 0 Å². The van der Waals surface area contributed by atoms with Crippen molar-refractivity contribution >= 4 is 27.6 Å².